The van der Waals surface area contributed by atoms with Gasteiger partial charge in [0.15, 0.2) is 0 Å². The maximum Gasteiger partial charge on any atom is 0.303 e. The van der Waals surface area contributed by atoms with E-state index in [2.05, 4.69) is 6.92 Å². The summed E-state index contributed by atoms with van der Waals surface area (Å²) in [5.41, 5.74) is 9.71. The Morgan fingerprint density at radius 1 is 0.789 bits per heavy atom. The monoisotopic (exact) mass is 274 g/mol. The van der Waals surface area contributed by atoms with Crippen molar-refractivity contribution in [3.05, 3.63) is 0 Å². The fourth-order valence-corrected chi connectivity index (χ4v) is 1.30. The van der Waals surface area contributed by atoms with Crippen LogP contribution in [-0.2, 0) is 14.4 Å². The number of unbranched alkanes of at least 4 members (excludes halogenated alkanes) is 4. The molecule has 5 N–H and O–H groups in total. The van der Waals surface area contributed by atoms with Gasteiger partial charge >= 0.3 is 5.97 Å². The second-order valence-electron chi connectivity index (χ2n) is 4.34. The quantitative estimate of drug-likeness (QED) is 0.523. The molecule has 0 spiro atoms. The van der Waals surface area contributed by atoms with Crippen LogP contribution in [0.4, 0.5) is 0 Å². The van der Waals surface area contributed by atoms with Gasteiger partial charge in [0, 0.05) is 19.3 Å². The topological polar surface area (TPSA) is 123 Å². The van der Waals surface area contributed by atoms with E-state index in [-0.39, 0.29) is 11.8 Å². The first-order valence-electron chi connectivity index (χ1n) is 6.68. The van der Waals surface area contributed by atoms with Crippen molar-refractivity contribution in [1.29, 1.82) is 0 Å². The summed E-state index contributed by atoms with van der Waals surface area (Å²) in [5.74, 6) is -1.33. The molecule has 0 aliphatic rings. The van der Waals surface area contributed by atoms with Gasteiger partial charge in [0.2, 0.25) is 11.8 Å². The van der Waals surface area contributed by atoms with Crippen molar-refractivity contribution in [2.75, 3.05) is 0 Å². The van der Waals surface area contributed by atoms with Gasteiger partial charge in [-0.3, -0.25) is 14.4 Å². The van der Waals surface area contributed by atoms with Gasteiger partial charge in [0.1, 0.15) is 0 Å². The number of carbonyl (C=O) groups is 3. The first-order valence-corrected chi connectivity index (χ1v) is 6.68. The molecule has 0 aromatic heterocycles. The summed E-state index contributed by atoms with van der Waals surface area (Å²) in [6.45, 7) is 2.11. The molecule has 112 valence electrons. The number of aliphatic carboxylic acids is 1. The van der Waals surface area contributed by atoms with E-state index in [4.69, 9.17) is 16.6 Å². The molecule has 0 saturated carbocycles. The van der Waals surface area contributed by atoms with Crippen molar-refractivity contribution in [2.45, 2.75) is 64.7 Å². The van der Waals surface area contributed by atoms with Crippen LogP contribution in [0.25, 0.3) is 0 Å². The predicted octanol–water partition coefficient (Wildman–Crippen LogP) is 1.56. The maximum absolute atomic E-state index is 10.2. The summed E-state index contributed by atoms with van der Waals surface area (Å²) in [6, 6.07) is 0. The molecule has 6 nitrogen and oxygen atoms in total. The smallest absolute Gasteiger partial charge is 0.303 e. The molecule has 19 heavy (non-hydrogen) atoms. The number of primary amides is 2. The second-order valence-corrected chi connectivity index (χ2v) is 4.34. The molecule has 2 amide bonds. The SMILES string of the molecule is CCCCCCC(=O)O.NC(=O)CCCCC(N)=O. The highest BCUT2D eigenvalue weighted by Gasteiger charge is 1.96. The summed E-state index contributed by atoms with van der Waals surface area (Å²) in [5, 5.41) is 8.21. The van der Waals surface area contributed by atoms with E-state index in [9.17, 15) is 14.4 Å². The Labute approximate surface area is 114 Å². The Bertz CT molecular complexity index is 251. The molecule has 0 aliphatic heterocycles. The number of hydrogen-bond donors (Lipinski definition) is 3. The van der Waals surface area contributed by atoms with Crippen molar-refractivity contribution >= 4 is 17.8 Å². The molecule has 0 fully saturated rings. The lowest BCUT2D eigenvalue weighted by molar-refractivity contribution is -0.137. The molecule has 6 heteroatoms. The summed E-state index contributed by atoms with van der Waals surface area (Å²) >= 11 is 0. The summed E-state index contributed by atoms with van der Waals surface area (Å²) in [6.07, 6.45) is 6.54. The average Bonchev–Trinajstić information content (AvgIpc) is 2.30. The minimum atomic E-state index is -0.675. The molecule has 0 atom stereocenters. The highest BCUT2D eigenvalue weighted by molar-refractivity contribution is 5.74. The minimum absolute atomic E-state index is 0.329. The lowest BCUT2D eigenvalue weighted by Crippen LogP contribution is -2.12. The van der Waals surface area contributed by atoms with Crippen LogP contribution in [0.2, 0.25) is 0 Å². The van der Waals surface area contributed by atoms with Crippen molar-refractivity contribution in [2.24, 2.45) is 11.5 Å². The number of amides is 2. The summed E-state index contributed by atoms with van der Waals surface area (Å²) in [7, 11) is 0. The molecule has 0 aliphatic carbocycles. The van der Waals surface area contributed by atoms with Gasteiger partial charge in [-0.15, -0.1) is 0 Å². The van der Waals surface area contributed by atoms with E-state index in [1.54, 1.807) is 0 Å². The first kappa shape index (κ1) is 19.7. The summed E-state index contributed by atoms with van der Waals surface area (Å²) in [4.78, 5) is 30.3. The molecule has 0 bridgehead atoms. The van der Waals surface area contributed by atoms with Crippen LogP contribution in [0.1, 0.15) is 64.7 Å². The standard InChI is InChI=1S/C7H14O2.C6H12N2O2/c1-2-3-4-5-6-7(8)9;7-5(9)3-1-2-4-6(8)10/h2-6H2,1H3,(H,8,9);1-4H2,(H2,7,9)(H2,8,10). The Balaban J connectivity index is 0. The van der Waals surface area contributed by atoms with E-state index in [1.807, 2.05) is 0 Å². The van der Waals surface area contributed by atoms with Gasteiger partial charge in [-0.25, -0.2) is 0 Å². The lowest BCUT2D eigenvalue weighted by Gasteiger charge is -1.93. The summed E-state index contributed by atoms with van der Waals surface area (Å²) < 4.78 is 0. The van der Waals surface area contributed by atoms with Crippen LogP contribution in [0.3, 0.4) is 0 Å². The highest BCUT2D eigenvalue weighted by atomic mass is 16.4. The lowest BCUT2D eigenvalue weighted by atomic mass is 10.2. The van der Waals surface area contributed by atoms with Gasteiger partial charge in [-0.05, 0) is 19.3 Å². The van der Waals surface area contributed by atoms with Crippen LogP contribution in [0.15, 0.2) is 0 Å². The molecule has 0 radical (unpaired) electrons. The van der Waals surface area contributed by atoms with E-state index < -0.39 is 5.97 Å². The number of nitrogens with two attached hydrogens (primary N) is 2. The van der Waals surface area contributed by atoms with E-state index >= 15 is 0 Å². The van der Waals surface area contributed by atoms with Crippen LogP contribution in [-0.4, -0.2) is 22.9 Å². The van der Waals surface area contributed by atoms with E-state index in [1.165, 1.54) is 6.42 Å². The number of hydrogen-bond acceptors (Lipinski definition) is 3. The number of carboxylic acids is 1. The van der Waals surface area contributed by atoms with Crippen LogP contribution >= 0.6 is 0 Å². The third-order valence-corrected chi connectivity index (χ3v) is 2.34. The van der Waals surface area contributed by atoms with E-state index in [0.717, 1.165) is 19.3 Å². The Morgan fingerprint density at radius 3 is 1.53 bits per heavy atom. The molecular weight excluding hydrogens is 248 g/mol. The number of carboxylic acid groups (broad SMARTS) is 1. The maximum atomic E-state index is 10.2. The van der Waals surface area contributed by atoms with Crippen molar-refractivity contribution in [3.8, 4) is 0 Å². The first-order chi connectivity index (χ1) is 8.90. The highest BCUT2D eigenvalue weighted by Crippen LogP contribution is 2.01. The largest absolute Gasteiger partial charge is 0.481 e. The van der Waals surface area contributed by atoms with Gasteiger partial charge in [-0.2, -0.15) is 0 Å². The van der Waals surface area contributed by atoms with Gasteiger partial charge < -0.3 is 16.6 Å². The zero-order valence-corrected chi connectivity index (χ0v) is 11.7. The normalized spacial score (nSPS) is 9.32. The molecule has 0 saturated heterocycles. The third-order valence-electron chi connectivity index (χ3n) is 2.34. The minimum Gasteiger partial charge on any atom is -0.481 e. The van der Waals surface area contributed by atoms with Crippen LogP contribution < -0.4 is 11.5 Å². The van der Waals surface area contributed by atoms with Gasteiger partial charge in [-0.1, -0.05) is 26.2 Å². The van der Waals surface area contributed by atoms with Crippen molar-refractivity contribution in [3.63, 3.8) is 0 Å². The van der Waals surface area contributed by atoms with E-state index in [0.29, 0.717) is 32.1 Å². The zero-order valence-electron chi connectivity index (χ0n) is 11.7. The second kappa shape index (κ2) is 14.5. The molecule has 0 aromatic rings. The predicted molar refractivity (Wildman–Crippen MR) is 73.3 cm³/mol. The average molecular weight is 274 g/mol. The molecule has 0 heterocycles. The Kier molecular flexibility index (Phi) is 15.0. The van der Waals surface area contributed by atoms with Gasteiger partial charge in [0.05, 0.1) is 0 Å². The van der Waals surface area contributed by atoms with Crippen LogP contribution in [0.5, 0.6) is 0 Å². The number of carbonyl (C=O) groups excluding carboxylic acids is 2. The third kappa shape index (κ3) is 26.2. The molecule has 0 unspecified atom stereocenters. The number of rotatable bonds is 10. The molecular formula is C13H26N2O4. The fraction of sp³-hybridized carbons (Fsp3) is 0.769. The fourth-order valence-electron chi connectivity index (χ4n) is 1.30. The zero-order chi connectivity index (χ0) is 15.1. The Morgan fingerprint density at radius 2 is 1.21 bits per heavy atom. The van der Waals surface area contributed by atoms with Crippen molar-refractivity contribution in [1.82, 2.24) is 0 Å². The van der Waals surface area contributed by atoms with Crippen molar-refractivity contribution < 1.29 is 19.5 Å². The van der Waals surface area contributed by atoms with Gasteiger partial charge in [0.25, 0.3) is 0 Å². The Hall–Kier alpha value is -1.59. The van der Waals surface area contributed by atoms with Crippen LogP contribution in [0, 0.1) is 0 Å². The molecule has 0 rings (SSSR count). The molecule has 0 aromatic carbocycles.